The molecule has 3 rings (SSSR count). The fraction of sp³-hybridized carbons (Fsp3) is 0.250. The van der Waals surface area contributed by atoms with Gasteiger partial charge in [0.2, 0.25) is 11.8 Å². The number of carbonyl (C=O) groups excluding carboxylic acids is 2. The topological polar surface area (TPSA) is 49.4 Å². The maximum absolute atomic E-state index is 12.5. The third-order valence-corrected chi connectivity index (χ3v) is 5.67. The molecule has 1 aliphatic heterocycles. The average molecular weight is 414 g/mol. The number of hydrogen-bond acceptors (Lipinski definition) is 3. The Balaban J connectivity index is 1.61. The van der Waals surface area contributed by atoms with Crippen LogP contribution in [0.3, 0.4) is 0 Å². The second-order valence-corrected chi connectivity index (χ2v) is 7.60. The molecule has 0 bridgehead atoms. The number of amides is 2. The molecule has 4 nitrogen and oxygen atoms in total. The van der Waals surface area contributed by atoms with Crippen molar-refractivity contribution in [3.05, 3.63) is 50.1 Å². The van der Waals surface area contributed by atoms with Crippen LogP contribution in [0.1, 0.15) is 11.3 Å². The lowest BCUT2D eigenvalue weighted by molar-refractivity contribution is -0.132. The number of anilines is 1. The smallest absolute Gasteiger partial charge is 0.239 e. The number of carbonyl (C=O) groups is 2. The molecule has 7 heteroatoms. The van der Waals surface area contributed by atoms with Crippen LogP contribution in [0.25, 0.3) is 0 Å². The molecule has 2 amide bonds. The number of benzene rings is 1. The van der Waals surface area contributed by atoms with Gasteiger partial charge in [0, 0.05) is 32.0 Å². The van der Waals surface area contributed by atoms with Gasteiger partial charge in [0.1, 0.15) is 5.92 Å². The van der Waals surface area contributed by atoms with Gasteiger partial charge < -0.3 is 10.2 Å². The van der Waals surface area contributed by atoms with E-state index in [1.54, 1.807) is 40.5 Å². The normalized spacial score (nSPS) is 17.6. The largest absolute Gasteiger partial charge is 0.351 e. The predicted octanol–water partition coefficient (Wildman–Crippen LogP) is 3.83. The number of thiophene rings is 1. The summed E-state index contributed by atoms with van der Waals surface area (Å²) in [5.41, 5.74) is 0.775. The number of nitrogens with zero attached hydrogens (tertiary/aromatic N) is 1. The molecule has 1 atom stereocenters. The monoisotopic (exact) mass is 412 g/mol. The Morgan fingerprint density at radius 2 is 2.13 bits per heavy atom. The summed E-state index contributed by atoms with van der Waals surface area (Å²) in [5.74, 6) is -0.984. The van der Waals surface area contributed by atoms with Crippen LogP contribution in [0.2, 0.25) is 5.02 Å². The van der Waals surface area contributed by atoms with E-state index in [1.807, 2.05) is 11.4 Å². The van der Waals surface area contributed by atoms with E-state index < -0.39 is 5.92 Å². The first kappa shape index (κ1) is 16.5. The highest BCUT2D eigenvalue weighted by Crippen LogP contribution is 2.27. The van der Waals surface area contributed by atoms with E-state index in [2.05, 4.69) is 21.2 Å². The molecule has 0 saturated carbocycles. The van der Waals surface area contributed by atoms with E-state index in [0.29, 0.717) is 24.5 Å². The molecule has 2 heterocycles. The molecule has 1 aromatic heterocycles. The van der Waals surface area contributed by atoms with Crippen molar-refractivity contribution in [2.45, 2.75) is 13.0 Å². The summed E-state index contributed by atoms with van der Waals surface area (Å²) in [6.45, 7) is 0.989. The minimum absolute atomic E-state index is 0.155. The maximum Gasteiger partial charge on any atom is 0.239 e. The first-order valence-electron chi connectivity index (χ1n) is 7.12. The lowest BCUT2D eigenvalue weighted by Gasteiger charge is -2.16. The number of hydrogen-bond donors (Lipinski definition) is 1. The van der Waals surface area contributed by atoms with Gasteiger partial charge >= 0.3 is 0 Å². The van der Waals surface area contributed by atoms with Crippen molar-refractivity contribution in [2.75, 3.05) is 11.4 Å². The van der Waals surface area contributed by atoms with E-state index in [1.165, 1.54) is 0 Å². The van der Waals surface area contributed by atoms with Crippen LogP contribution in [0.4, 0.5) is 5.69 Å². The Bertz CT molecular complexity index is 732. The molecule has 0 radical (unpaired) electrons. The molecule has 1 saturated heterocycles. The van der Waals surface area contributed by atoms with Crippen LogP contribution in [0.15, 0.2) is 40.2 Å². The SMILES string of the molecule is O=C(NCc1cc(Br)cs1)C1CCN(c2ccc(Cl)cc2)C1=O. The number of nitrogens with one attached hydrogen (secondary N) is 1. The van der Waals surface area contributed by atoms with Crippen molar-refractivity contribution in [1.82, 2.24) is 5.32 Å². The van der Waals surface area contributed by atoms with E-state index in [0.717, 1.165) is 15.0 Å². The Labute approximate surface area is 151 Å². The third-order valence-electron chi connectivity index (χ3n) is 3.72. The lowest BCUT2D eigenvalue weighted by atomic mass is 10.1. The van der Waals surface area contributed by atoms with Gasteiger partial charge in [0.05, 0.1) is 6.54 Å². The molecule has 0 spiro atoms. The Hall–Kier alpha value is -1.37. The fourth-order valence-corrected chi connectivity index (χ4v) is 4.06. The first-order valence-corrected chi connectivity index (χ1v) is 9.17. The molecule has 0 aliphatic carbocycles. The molecule has 1 unspecified atom stereocenters. The van der Waals surface area contributed by atoms with Crippen LogP contribution in [-0.4, -0.2) is 18.4 Å². The Kier molecular flexibility index (Phi) is 5.04. The second-order valence-electron chi connectivity index (χ2n) is 5.26. The van der Waals surface area contributed by atoms with Gasteiger partial charge in [-0.15, -0.1) is 11.3 Å². The van der Waals surface area contributed by atoms with Crippen molar-refractivity contribution in [2.24, 2.45) is 5.92 Å². The second kappa shape index (κ2) is 7.03. The van der Waals surface area contributed by atoms with Gasteiger partial charge in [0.25, 0.3) is 0 Å². The van der Waals surface area contributed by atoms with E-state index >= 15 is 0 Å². The van der Waals surface area contributed by atoms with Gasteiger partial charge in [0.15, 0.2) is 0 Å². The van der Waals surface area contributed by atoms with Crippen LogP contribution in [-0.2, 0) is 16.1 Å². The summed E-state index contributed by atoms with van der Waals surface area (Å²) in [4.78, 5) is 27.4. The van der Waals surface area contributed by atoms with E-state index in [-0.39, 0.29) is 11.8 Å². The lowest BCUT2D eigenvalue weighted by Crippen LogP contribution is -2.36. The van der Waals surface area contributed by atoms with E-state index in [9.17, 15) is 9.59 Å². The first-order chi connectivity index (χ1) is 11.0. The highest BCUT2D eigenvalue weighted by atomic mass is 79.9. The van der Waals surface area contributed by atoms with Crippen LogP contribution >= 0.6 is 38.9 Å². The summed E-state index contributed by atoms with van der Waals surface area (Å²) < 4.78 is 0.998. The van der Waals surface area contributed by atoms with Gasteiger partial charge in [-0.3, -0.25) is 9.59 Å². The van der Waals surface area contributed by atoms with Gasteiger partial charge in [-0.25, -0.2) is 0 Å². The highest BCUT2D eigenvalue weighted by molar-refractivity contribution is 9.10. The Morgan fingerprint density at radius 1 is 1.39 bits per heavy atom. The van der Waals surface area contributed by atoms with Crippen LogP contribution < -0.4 is 10.2 Å². The molecule has 120 valence electrons. The summed E-state index contributed by atoms with van der Waals surface area (Å²) >= 11 is 10.8. The predicted molar refractivity (Wildman–Crippen MR) is 95.8 cm³/mol. The molecule has 1 aliphatic rings. The standard InChI is InChI=1S/C16H14BrClN2O2S/c17-10-7-13(23-9-10)8-19-15(21)14-5-6-20(16(14)22)12-3-1-11(18)2-4-12/h1-4,7,9,14H,5-6,8H2,(H,19,21). The fourth-order valence-electron chi connectivity index (χ4n) is 2.54. The zero-order valence-electron chi connectivity index (χ0n) is 12.1. The maximum atomic E-state index is 12.5. The summed E-state index contributed by atoms with van der Waals surface area (Å²) in [6, 6.07) is 9.03. The summed E-state index contributed by atoms with van der Waals surface area (Å²) in [7, 11) is 0. The average Bonchev–Trinajstić information content (AvgIpc) is 3.12. The van der Waals surface area contributed by atoms with Crippen molar-refractivity contribution in [3.8, 4) is 0 Å². The van der Waals surface area contributed by atoms with Crippen LogP contribution in [0.5, 0.6) is 0 Å². The van der Waals surface area contributed by atoms with Crippen molar-refractivity contribution < 1.29 is 9.59 Å². The van der Waals surface area contributed by atoms with Gasteiger partial charge in [-0.05, 0) is 52.7 Å². The van der Waals surface area contributed by atoms with Crippen LogP contribution in [0, 0.1) is 5.92 Å². The summed E-state index contributed by atoms with van der Waals surface area (Å²) in [6.07, 6.45) is 0.529. The zero-order chi connectivity index (χ0) is 16.4. The molecule has 2 aromatic rings. The molecule has 1 N–H and O–H groups in total. The Morgan fingerprint density at radius 3 is 2.78 bits per heavy atom. The van der Waals surface area contributed by atoms with Crippen molar-refractivity contribution in [3.63, 3.8) is 0 Å². The number of rotatable bonds is 4. The minimum atomic E-state index is -0.617. The minimum Gasteiger partial charge on any atom is -0.351 e. The van der Waals surface area contributed by atoms with Gasteiger partial charge in [-0.1, -0.05) is 11.6 Å². The molecule has 1 aromatic carbocycles. The third kappa shape index (κ3) is 3.76. The highest BCUT2D eigenvalue weighted by Gasteiger charge is 2.37. The molecule has 1 fully saturated rings. The zero-order valence-corrected chi connectivity index (χ0v) is 15.2. The van der Waals surface area contributed by atoms with E-state index in [4.69, 9.17) is 11.6 Å². The van der Waals surface area contributed by atoms with Gasteiger partial charge in [-0.2, -0.15) is 0 Å². The molecular formula is C16H14BrClN2O2S. The van der Waals surface area contributed by atoms with Crippen molar-refractivity contribution >= 4 is 56.4 Å². The molecule has 23 heavy (non-hydrogen) atoms. The number of halogens is 2. The summed E-state index contributed by atoms with van der Waals surface area (Å²) in [5, 5.41) is 5.43. The van der Waals surface area contributed by atoms with Crippen molar-refractivity contribution in [1.29, 1.82) is 0 Å². The molecular weight excluding hydrogens is 400 g/mol. The quantitative estimate of drug-likeness (QED) is 0.774.